The molecule has 0 nitrogen and oxygen atoms in total. The summed E-state index contributed by atoms with van der Waals surface area (Å²) < 4.78 is 0. The Bertz CT molecular complexity index is 144. The van der Waals surface area contributed by atoms with Crippen molar-refractivity contribution in [2.75, 3.05) is 0 Å². The molecule has 0 amide bonds. The molecular formula is C13H28. The van der Waals surface area contributed by atoms with E-state index in [-0.39, 0.29) is 0 Å². The third kappa shape index (κ3) is 2.48. The summed E-state index contributed by atoms with van der Waals surface area (Å²) in [4.78, 5) is 0. The van der Waals surface area contributed by atoms with Crippen LogP contribution in [0.1, 0.15) is 67.7 Å². The molecule has 0 aliphatic carbocycles. The molecule has 0 spiro atoms. The lowest BCUT2D eigenvalue weighted by Gasteiger charge is -2.47. The van der Waals surface area contributed by atoms with Crippen molar-refractivity contribution in [2.45, 2.75) is 67.7 Å². The van der Waals surface area contributed by atoms with Crippen LogP contribution < -0.4 is 0 Å². The zero-order valence-electron chi connectivity index (χ0n) is 10.7. The van der Waals surface area contributed by atoms with E-state index in [4.69, 9.17) is 0 Å². The molecule has 0 aliphatic rings. The van der Waals surface area contributed by atoms with Crippen molar-refractivity contribution in [3.63, 3.8) is 0 Å². The van der Waals surface area contributed by atoms with Crippen LogP contribution in [0.3, 0.4) is 0 Å². The molecule has 80 valence electrons. The Morgan fingerprint density at radius 2 is 1.46 bits per heavy atom. The van der Waals surface area contributed by atoms with E-state index in [2.05, 4.69) is 48.5 Å². The second-order valence-electron chi connectivity index (χ2n) is 5.56. The van der Waals surface area contributed by atoms with E-state index < -0.39 is 0 Å². The Balaban J connectivity index is 4.77. The number of hydrogen-bond donors (Lipinski definition) is 0. The predicted molar refractivity (Wildman–Crippen MR) is 61.9 cm³/mol. The Morgan fingerprint density at radius 3 is 1.69 bits per heavy atom. The van der Waals surface area contributed by atoms with Crippen LogP contribution in [0.25, 0.3) is 0 Å². The second kappa shape index (κ2) is 4.48. The minimum absolute atomic E-state index is 0.469. The van der Waals surface area contributed by atoms with Gasteiger partial charge in [-0.05, 0) is 23.2 Å². The van der Waals surface area contributed by atoms with E-state index in [9.17, 15) is 0 Å². The molecule has 0 saturated carbocycles. The Morgan fingerprint density at radius 1 is 1.00 bits per heavy atom. The summed E-state index contributed by atoms with van der Waals surface area (Å²) in [6.45, 7) is 16.7. The molecule has 0 fully saturated rings. The van der Waals surface area contributed by atoms with Gasteiger partial charge in [0.15, 0.2) is 0 Å². The van der Waals surface area contributed by atoms with E-state index >= 15 is 0 Å². The molecule has 0 heterocycles. The fraction of sp³-hybridized carbons (Fsp3) is 1.00. The zero-order valence-corrected chi connectivity index (χ0v) is 10.7. The Labute approximate surface area is 85.1 Å². The van der Waals surface area contributed by atoms with Gasteiger partial charge in [-0.3, -0.25) is 0 Å². The van der Waals surface area contributed by atoms with Gasteiger partial charge in [-0.15, -0.1) is 0 Å². The van der Waals surface area contributed by atoms with Crippen molar-refractivity contribution in [3.05, 3.63) is 0 Å². The first-order valence-corrected chi connectivity index (χ1v) is 5.81. The highest BCUT2D eigenvalue weighted by Crippen LogP contribution is 2.49. The summed E-state index contributed by atoms with van der Waals surface area (Å²) in [5, 5.41) is 0. The van der Waals surface area contributed by atoms with Gasteiger partial charge in [-0.2, -0.15) is 0 Å². The fourth-order valence-corrected chi connectivity index (χ4v) is 2.33. The van der Waals surface area contributed by atoms with Crippen LogP contribution in [-0.2, 0) is 0 Å². The van der Waals surface area contributed by atoms with E-state index in [1.165, 1.54) is 19.3 Å². The van der Waals surface area contributed by atoms with Gasteiger partial charge in [-0.25, -0.2) is 0 Å². The lowest BCUT2D eigenvalue weighted by Crippen LogP contribution is -2.39. The van der Waals surface area contributed by atoms with Gasteiger partial charge in [-0.1, -0.05) is 61.3 Å². The van der Waals surface area contributed by atoms with Crippen LogP contribution in [0.4, 0.5) is 0 Å². The van der Waals surface area contributed by atoms with Crippen molar-refractivity contribution in [3.8, 4) is 0 Å². The molecular weight excluding hydrogens is 156 g/mol. The first-order chi connectivity index (χ1) is 5.81. The van der Waals surface area contributed by atoms with Crippen LogP contribution in [-0.4, -0.2) is 0 Å². The Hall–Kier alpha value is 0. The smallest absolute Gasteiger partial charge is 0.0252 e. The van der Waals surface area contributed by atoms with Crippen molar-refractivity contribution >= 4 is 0 Å². The lowest BCUT2D eigenvalue weighted by molar-refractivity contribution is 0.0218. The second-order valence-corrected chi connectivity index (χ2v) is 5.56. The van der Waals surface area contributed by atoms with E-state index in [1.54, 1.807) is 0 Å². The fourth-order valence-electron chi connectivity index (χ4n) is 2.33. The maximum absolute atomic E-state index is 2.46. The number of hydrogen-bond acceptors (Lipinski definition) is 0. The molecule has 0 heteroatoms. The minimum atomic E-state index is 0.469. The maximum Gasteiger partial charge on any atom is -0.0252 e. The quantitative estimate of drug-likeness (QED) is 0.571. The molecule has 0 radical (unpaired) electrons. The highest BCUT2D eigenvalue weighted by atomic mass is 14.5. The first kappa shape index (κ1) is 13.0. The van der Waals surface area contributed by atoms with E-state index in [0.29, 0.717) is 10.8 Å². The molecule has 0 aromatic carbocycles. The van der Waals surface area contributed by atoms with Crippen molar-refractivity contribution < 1.29 is 0 Å². The highest BCUT2D eigenvalue weighted by Gasteiger charge is 2.40. The standard InChI is InChI=1S/C13H28/c1-8-10-13(7,11(3)4)12(5,6)9-2/h11H,8-10H2,1-7H3. The van der Waals surface area contributed by atoms with Gasteiger partial charge in [0, 0.05) is 0 Å². The predicted octanol–water partition coefficient (Wildman–Crippen LogP) is 4.89. The molecule has 1 atom stereocenters. The van der Waals surface area contributed by atoms with Crippen molar-refractivity contribution in [1.82, 2.24) is 0 Å². The van der Waals surface area contributed by atoms with Gasteiger partial charge >= 0.3 is 0 Å². The van der Waals surface area contributed by atoms with Crippen LogP contribution in [0.5, 0.6) is 0 Å². The maximum atomic E-state index is 2.46. The number of rotatable bonds is 5. The summed E-state index contributed by atoms with van der Waals surface area (Å²) in [6.07, 6.45) is 3.94. The van der Waals surface area contributed by atoms with E-state index in [1.807, 2.05) is 0 Å². The SMILES string of the molecule is CCCC(C)(C(C)C)C(C)(C)CC. The largest absolute Gasteiger partial charge is 0.0654 e. The molecule has 0 aromatic heterocycles. The molecule has 0 N–H and O–H groups in total. The van der Waals surface area contributed by atoms with Gasteiger partial charge < -0.3 is 0 Å². The van der Waals surface area contributed by atoms with Gasteiger partial charge in [0.25, 0.3) is 0 Å². The topological polar surface area (TPSA) is 0 Å². The van der Waals surface area contributed by atoms with Gasteiger partial charge in [0.05, 0.1) is 0 Å². The van der Waals surface area contributed by atoms with Crippen molar-refractivity contribution in [2.24, 2.45) is 16.7 Å². The summed E-state index contributed by atoms with van der Waals surface area (Å²) >= 11 is 0. The summed E-state index contributed by atoms with van der Waals surface area (Å²) in [5.41, 5.74) is 0.966. The summed E-state index contributed by atoms with van der Waals surface area (Å²) in [7, 11) is 0. The van der Waals surface area contributed by atoms with Gasteiger partial charge in [0.1, 0.15) is 0 Å². The zero-order chi connectivity index (χ0) is 10.7. The summed E-state index contributed by atoms with van der Waals surface area (Å²) in [5.74, 6) is 0.780. The van der Waals surface area contributed by atoms with Crippen LogP contribution >= 0.6 is 0 Å². The van der Waals surface area contributed by atoms with Crippen LogP contribution in [0.2, 0.25) is 0 Å². The highest BCUT2D eigenvalue weighted by molar-refractivity contribution is 4.90. The van der Waals surface area contributed by atoms with Crippen LogP contribution in [0.15, 0.2) is 0 Å². The molecule has 0 bridgehead atoms. The third-order valence-electron chi connectivity index (χ3n) is 4.47. The molecule has 1 unspecified atom stereocenters. The monoisotopic (exact) mass is 184 g/mol. The minimum Gasteiger partial charge on any atom is -0.0654 e. The molecule has 0 saturated heterocycles. The average Bonchev–Trinajstić information content (AvgIpc) is 2.04. The van der Waals surface area contributed by atoms with E-state index in [0.717, 1.165) is 5.92 Å². The third-order valence-corrected chi connectivity index (χ3v) is 4.47. The molecule has 0 rings (SSSR count). The molecule has 0 aliphatic heterocycles. The molecule has 13 heavy (non-hydrogen) atoms. The van der Waals surface area contributed by atoms with Gasteiger partial charge in [0.2, 0.25) is 0 Å². The van der Waals surface area contributed by atoms with Crippen LogP contribution in [0, 0.1) is 16.7 Å². The molecule has 0 aromatic rings. The lowest BCUT2D eigenvalue weighted by atomic mass is 9.58. The van der Waals surface area contributed by atoms with Crippen molar-refractivity contribution in [1.29, 1.82) is 0 Å². The first-order valence-electron chi connectivity index (χ1n) is 5.81. The average molecular weight is 184 g/mol. The normalized spacial score (nSPS) is 17.5. The summed E-state index contributed by atoms with van der Waals surface area (Å²) in [6, 6.07) is 0. The Kier molecular flexibility index (Phi) is 4.48.